The van der Waals surface area contributed by atoms with Crippen molar-refractivity contribution in [3.8, 4) is 5.69 Å². The zero-order valence-corrected chi connectivity index (χ0v) is 18.9. The number of hydrogen-bond donors (Lipinski definition) is 1. The lowest BCUT2D eigenvalue weighted by Gasteiger charge is -2.33. The van der Waals surface area contributed by atoms with Gasteiger partial charge < -0.3 is 5.32 Å². The maximum atomic E-state index is 12.7. The number of aromatic nitrogens is 3. The molecule has 1 N–H and O–H groups in total. The summed E-state index contributed by atoms with van der Waals surface area (Å²) in [5.41, 5.74) is 2.82. The quantitative estimate of drug-likeness (QED) is 0.610. The lowest BCUT2D eigenvalue weighted by Crippen LogP contribution is -2.50. The van der Waals surface area contributed by atoms with Crippen LogP contribution < -0.4 is 5.32 Å². The number of nitrogens with one attached hydrogen (secondary N) is 1. The number of carbonyl (C=O) groups excluding carboxylic acids is 1. The minimum Gasteiger partial charge on any atom is -0.309 e. The van der Waals surface area contributed by atoms with Gasteiger partial charge in [0.15, 0.2) is 0 Å². The van der Waals surface area contributed by atoms with Crippen LogP contribution in [0.2, 0.25) is 0 Å². The lowest BCUT2D eigenvalue weighted by molar-refractivity contribution is -0.117. The molecule has 1 fully saturated rings. The summed E-state index contributed by atoms with van der Waals surface area (Å²) in [6.45, 7) is 5.67. The van der Waals surface area contributed by atoms with Gasteiger partial charge in [0.25, 0.3) is 0 Å². The third-order valence-corrected chi connectivity index (χ3v) is 7.23. The smallest absolute Gasteiger partial charge is 0.244 e. The van der Waals surface area contributed by atoms with Crippen LogP contribution in [0.3, 0.4) is 0 Å². The Kier molecular flexibility index (Phi) is 6.35. The molecule has 1 aliphatic rings. The molecule has 0 unspecified atom stereocenters. The first-order chi connectivity index (χ1) is 15.3. The van der Waals surface area contributed by atoms with Crippen molar-refractivity contribution in [2.24, 2.45) is 0 Å². The number of carbonyl (C=O) groups is 1. The fourth-order valence-electron chi connectivity index (χ4n) is 3.63. The maximum Gasteiger partial charge on any atom is 0.244 e. The maximum absolute atomic E-state index is 12.7. The van der Waals surface area contributed by atoms with Gasteiger partial charge in [-0.25, -0.2) is 13.1 Å². The molecule has 4 rings (SSSR count). The van der Waals surface area contributed by atoms with E-state index in [0.29, 0.717) is 32.0 Å². The number of pyridine rings is 1. The summed E-state index contributed by atoms with van der Waals surface area (Å²) in [5.74, 6) is 0.441. The van der Waals surface area contributed by atoms with Crippen molar-refractivity contribution in [2.45, 2.75) is 18.7 Å². The highest BCUT2D eigenvalue weighted by Crippen LogP contribution is 2.19. The van der Waals surface area contributed by atoms with Gasteiger partial charge in [-0.15, -0.1) is 0 Å². The van der Waals surface area contributed by atoms with Crippen LogP contribution in [0.25, 0.3) is 5.69 Å². The van der Waals surface area contributed by atoms with Crippen molar-refractivity contribution in [3.05, 3.63) is 66.1 Å². The molecule has 0 saturated carbocycles. The van der Waals surface area contributed by atoms with Gasteiger partial charge in [-0.3, -0.25) is 14.7 Å². The molecule has 32 heavy (non-hydrogen) atoms. The number of hydrogen-bond acceptors (Lipinski definition) is 6. The van der Waals surface area contributed by atoms with E-state index in [-0.39, 0.29) is 17.3 Å². The Morgan fingerprint density at radius 1 is 1.06 bits per heavy atom. The Hall–Kier alpha value is -3.08. The molecule has 1 aromatic carbocycles. The second-order valence-corrected chi connectivity index (χ2v) is 9.77. The van der Waals surface area contributed by atoms with E-state index in [2.05, 4.69) is 15.4 Å². The van der Waals surface area contributed by atoms with E-state index < -0.39 is 10.0 Å². The first-order valence-electron chi connectivity index (χ1n) is 10.4. The monoisotopic (exact) mass is 454 g/mol. The number of anilines is 1. The number of piperazine rings is 1. The van der Waals surface area contributed by atoms with E-state index >= 15 is 0 Å². The predicted octanol–water partition coefficient (Wildman–Crippen LogP) is 1.83. The van der Waals surface area contributed by atoms with Crippen LogP contribution in [0.4, 0.5) is 5.82 Å². The summed E-state index contributed by atoms with van der Waals surface area (Å²) < 4.78 is 28.6. The Morgan fingerprint density at radius 3 is 2.44 bits per heavy atom. The van der Waals surface area contributed by atoms with Gasteiger partial charge >= 0.3 is 0 Å². The largest absolute Gasteiger partial charge is 0.309 e. The van der Waals surface area contributed by atoms with Crippen molar-refractivity contribution in [1.82, 2.24) is 24.0 Å². The van der Waals surface area contributed by atoms with E-state index in [1.54, 1.807) is 23.0 Å². The van der Waals surface area contributed by atoms with Gasteiger partial charge in [0.1, 0.15) is 10.7 Å². The van der Waals surface area contributed by atoms with Gasteiger partial charge in [-0.2, -0.15) is 9.40 Å². The first kappa shape index (κ1) is 22.1. The SMILES string of the molecule is Cc1ccc(-n2nc(C)cc2NC(=O)CN2CCN(S(=O)(=O)c3cccnc3)CC2)cc1. The Bertz CT molecular complexity index is 1180. The number of aryl methyl sites for hydroxylation is 2. The molecule has 0 aliphatic carbocycles. The molecule has 1 aliphatic heterocycles. The van der Waals surface area contributed by atoms with E-state index in [9.17, 15) is 13.2 Å². The normalized spacial score (nSPS) is 15.6. The van der Waals surface area contributed by atoms with Crippen molar-refractivity contribution in [2.75, 3.05) is 38.0 Å². The molecule has 2 aromatic heterocycles. The van der Waals surface area contributed by atoms with Crippen molar-refractivity contribution < 1.29 is 13.2 Å². The molecule has 1 amide bonds. The van der Waals surface area contributed by atoms with Crippen LogP contribution in [-0.2, 0) is 14.8 Å². The number of benzene rings is 1. The molecule has 3 aromatic rings. The molecule has 1 saturated heterocycles. The van der Waals surface area contributed by atoms with Crippen LogP contribution in [0.1, 0.15) is 11.3 Å². The van der Waals surface area contributed by atoms with Gasteiger partial charge in [0.2, 0.25) is 15.9 Å². The van der Waals surface area contributed by atoms with Crippen LogP contribution in [0.5, 0.6) is 0 Å². The highest BCUT2D eigenvalue weighted by Gasteiger charge is 2.29. The molecule has 168 valence electrons. The fourth-order valence-corrected chi connectivity index (χ4v) is 5.02. The van der Waals surface area contributed by atoms with E-state index in [1.807, 2.05) is 49.1 Å². The molecule has 0 radical (unpaired) electrons. The Balaban J connectivity index is 1.36. The fraction of sp³-hybridized carbons (Fsp3) is 0.318. The van der Waals surface area contributed by atoms with Crippen LogP contribution in [0, 0.1) is 13.8 Å². The van der Waals surface area contributed by atoms with Gasteiger partial charge in [0.05, 0.1) is 17.9 Å². The van der Waals surface area contributed by atoms with Crippen molar-refractivity contribution in [3.63, 3.8) is 0 Å². The van der Waals surface area contributed by atoms with Crippen molar-refractivity contribution in [1.29, 1.82) is 0 Å². The predicted molar refractivity (Wildman–Crippen MR) is 121 cm³/mol. The number of nitrogens with zero attached hydrogens (tertiary/aromatic N) is 5. The average molecular weight is 455 g/mol. The second-order valence-electron chi connectivity index (χ2n) is 7.84. The lowest BCUT2D eigenvalue weighted by atomic mass is 10.2. The first-order valence-corrected chi connectivity index (χ1v) is 11.8. The summed E-state index contributed by atoms with van der Waals surface area (Å²) >= 11 is 0. The molecular formula is C22H26N6O3S. The number of sulfonamides is 1. The zero-order valence-electron chi connectivity index (χ0n) is 18.1. The molecular weight excluding hydrogens is 428 g/mol. The third-order valence-electron chi connectivity index (χ3n) is 5.35. The van der Waals surface area contributed by atoms with Crippen LogP contribution in [0.15, 0.2) is 59.8 Å². The number of rotatable bonds is 6. The van der Waals surface area contributed by atoms with Gasteiger partial charge in [-0.05, 0) is 38.1 Å². The molecule has 3 heterocycles. The summed E-state index contributed by atoms with van der Waals surface area (Å²) in [7, 11) is -3.57. The molecule has 0 spiro atoms. The summed E-state index contributed by atoms with van der Waals surface area (Å²) in [4.78, 5) is 18.7. The minimum absolute atomic E-state index is 0.165. The summed E-state index contributed by atoms with van der Waals surface area (Å²) in [6.07, 6.45) is 2.90. The van der Waals surface area contributed by atoms with Crippen molar-refractivity contribution >= 4 is 21.7 Å². The standard InChI is InChI=1S/C22H26N6O3S/c1-17-5-7-19(8-6-17)28-21(14-18(2)25-28)24-22(29)16-26-10-12-27(13-11-26)32(30,31)20-4-3-9-23-15-20/h3-9,14-15H,10-13,16H2,1-2H3,(H,24,29). The average Bonchev–Trinajstić information content (AvgIpc) is 3.15. The van der Waals surface area contributed by atoms with E-state index in [4.69, 9.17) is 0 Å². The zero-order chi connectivity index (χ0) is 22.7. The molecule has 10 heteroatoms. The molecule has 0 bridgehead atoms. The highest BCUT2D eigenvalue weighted by atomic mass is 32.2. The molecule has 0 atom stereocenters. The van der Waals surface area contributed by atoms with Crippen LogP contribution in [-0.4, -0.2) is 71.0 Å². The molecule has 9 nitrogen and oxygen atoms in total. The Labute approximate surface area is 187 Å². The van der Waals surface area contributed by atoms with E-state index in [1.165, 1.54) is 10.5 Å². The topological polar surface area (TPSA) is 100 Å². The summed E-state index contributed by atoms with van der Waals surface area (Å²) in [5, 5.41) is 7.42. The highest BCUT2D eigenvalue weighted by molar-refractivity contribution is 7.89. The van der Waals surface area contributed by atoms with Gasteiger partial charge in [-0.1, -0.05) is 17.7 Å². The van der Waals surface area contributed by atoms with E-state index in [0.717, 1.165) is 16.9 Å². The van der Waals surface area contributed by atoms with Gasteiger partial charge in [0, 0.05) is 44.6 Å². The second kappa shape index (κ2) is 9.19. The number of amides is 1. The summed E-state index contributed by atoms with van der Waals surface area (Å²) in [6, 6.07) is 12.9. The third kappa shape index (κ3) is 4.87. The van der Waals surface area contributed by atoms with Crippen LogP contribution >= 0.6 is 0 Å². The minimum atomic E-state index is -3.57. The Morgan fingerprint density at radius 2 is 1.78 bits per heavy atom.